The van der Waals surface area contributed by atoms with Crippen molar-refractivity contribution in [2.45, 2.75) is 13.1 Å². The number of nitrogens with one attached hydrogen (secondary N) is 1. The average molecular weight is 374 g/mol. The van der Waals surface area contributed by atoms with Crippen LogP contribution in [-0.2, 0) is 11.3 Å². The number of aromatic nitrogens is 5. The predicted molar refractivity (Wildman–Crippen MR) is 89.7 cm³/mol. The summed E-state index contributed by atoms with van der Waals surface area (Å²) in [5.74, 6) is -0.888. The number of amides is 1. The normalized spacial score (nSPS) is 10.8. The van der Waals surface area contributed by atoms with Crippen LogP contribution < -0.4 is 5.32 Å². The van der Waals surface area contributed by atoms with E-state index < -0.39 is 18.3 Å². The van der Waals surface area contributed by atoms with Crippen molar-refractivity contribution in [3.63, 3.8) is 0 Å². The molecule has 2 heterocycles. The van der Waals surface area contributed by atoms with Gasteiger partial charge in [-0.05, 0) is 35.1 Å². The maximum atomic E-state index is 13.1. The van der Waals surface area contributed by atoms with Gasteiger partial charge < -0.3 is 5.32 Å². The summed E-state index contributed by atoms with van der Waals surface area (Å²) < 4.78 is 38.6. The molecule has 1 N–H and O–H groups in total. The molecule has 0 radical (unpaired) electrons. The zero-order chi connectivity index (χ0) is 19.4. The molecule has 0 aliphatic heterocycles. The molecule has 0 fully saturated rings. The van der Waals surface area contributed by atoms with Gasteiger partial charge in [-0.2, -0.15) is 8.78 Å². The summed E-state index contributed by atoms with van der Waals surface area (Å²) in [5, 5.41) is 13.1. The van der Waals surface area contributed by atoms with Gasteiger partial charge in [-0.1, -0.05) is 23.5 Å². The third-order valence-electron chi connectivity index (χ3n) is 3.61. The molecule has 0 spiro atoms. The van der Waals surface area contributed by atoms with E-state index in [1.165, 1.54) is 18.3 Å². The van der Waals surface area contributed by atoms with Crippen LogP contribution in [0.2, 0.25) is 0 Å². The molecule has 2 aromatic heterocycles. The zero-order valence-corrected chi connectivity index (χ0v) is 13.8. The highest BCUT2D eigenvalue weighted by atomic mass is 19.3. The Balaban J connectivity index is 2.03. The first-order chi connectivity index (χ1) is 13.0. The maximum absolute atomic E-state index is 13.1. The molecule has 0 unspecified atom stereocenters. The van der Waals surface area contributed by atoms with Crippen molar-refractivity contribution in [3.8, 4) is 22.5 Å². The van der Waals surface area contributed by atoms with E-state index in [9.17, 15) is 18.0 Å². The fourth-order valence-corrected chi connectivity index (χ4v) is 2.29. The summed E-state index contributed by atoms with van der Waals surface area (Å²) in [6.45, 7) is 0.418. The van der Waals surface area contributed by atoms with E-state index in [1.54, 1.807) is 18.2 Å². The van der Waals surface area contributed by atoms with Crippen molar-refractivity contribution < 1.29 is 18.0 Å². The number of halogens is 3. The summed E-state index contributed by atoms with van der Waals surface area (Å²) in [5.41, 5.74) is 1.92. The molecule has 1 amide bonds. The van der Waals surface area contributed by atoms with Crippen LogP contribution in [0.4, 0.5) is 13.2 Å². The minimum Gasteiger partial charge on any atom is -0.347 e. The van der Waals surface area contributed by atoms with Crippen LogP contribution in [0.25, 0.3) is 22.5 Å². The monoisotopic (exact) mass is 374 g/mol. The van der Waals surface area contributed by atoms with Gasteiger partial charge in [0.05, 0.1) is 12.2 Å². The minimum atomic E-state index is -2.94. The topological polar surface area (TPSA) is 85.6 Å². The quantitative estimate of drug-likeness (QED) is 0.671. The highest BCUT2D eigenvalue weighted by molar-refractivity contribution is 5.86. The van der Waals surface area contributed by atoms with E-state index in [0.717, 1.165) is 6.08 Å². The minimum absolute atomic E-state index is 0.00705. The third kappa shape index (κ3) is 4.17. The first kappa shape index (κ1) is 18.2. The van der Waals surface area contributed by atoms with Crippen LogP contribution >= 0.6 is 0 Å². The van der Waals surface area contributed by atoms with Crippen molar-refractivity contribution >= 4 is 5.91 Å². The summed E-state index contributed by atoms with van der Waals surface area (Å²) in [6, 6.07) is 7.30. The molecule has 10 heteroatoms. The SMILES string of the molecule is C=CC(=O)NCc1ncc(-c2ccc(F)cc2)cc1-c1nnn(C(F)F)n1. The fraction of sp³-hybridized carbons (Fsp3) is 0.118. The Morgan fingerprint density at radius 3 is 2.63 bits per heavy atom. The standard InChI is InChI=1S/C17H13F3N6O/c1-2-15(27)22-9-14-13(16-23-25-26(24-16)17(19)20)7-11(8-21-14)10-3-5-12(18)6-4-10/h2-8,17H,1,9H2,(H,22,27). The lowest BCUT2D eigenvalue weighted by Gasteiger charge is -2.09. The molecule has 0 aliphatic rings. The van der Waals surface area contributed by atoms with Gasteiger partial charge >= 0.3 is 6.55 Å². The molecule has 0 atom stereocenters. The van der Waals surface area contributed by atoms with Crippen LogP contribution in [0.1, 0.15) is 12.2 Å². The van der Waals surface area contributed by atoms with E-state index in [0.29, 0.717) is 22.4 Å². The number of hydrogen-bond donors (Lipinski definition) is 1. The zero-order valence-electron chi connectivity index (χ0n) is 13.8. The highest BCUT2D eigenvalue weighted by Gasteiger charge is 2.17. The Kier molecular flexibility index (Phi) is 5.25. The number of nitrogens with zero attached hydrogens (tertiary/aromatic N) is 5. The number of pyridine rings is 1. The van der Waals surface area contributed by atoms with Crippen molar-refractivity contribution in [1.82, 2.24) is 30.5 Å². The number of hydrogen-bond acceptors (Lipinski definition) is 5. The molecule has 138 valence electrons. The Bertz CT molecular complexity index is 971. The van der Waals surface area contributed by atoms with E-state index >= 15 is 0 Å². The van der Waals surface area contributed by atoms with E-state index in [-0.39, 0.29) is 17.2 Å². The van der Waals surface area contributed by atoms with Gasteiger partial charge in [0.25, 0.3) is 0 Å². The molecule has 3 aromatic rings. The Morgan fingerprint density at radius 1 is 1.26 bits per heavy atom. The van der Waals surface area contributed by atoms with Crippen molar-refractivity contribution in [2.75, 3.05) is 0 Å². The van der Waals surface area contributed by atoms with Crippen molar-refractivity contribution in [2.24, 2.45) is 0 Å². The van der Waals surface area contributed by atoms with Crippen LogP contribution in [0.3, 0.4) is 0 Å². The summed E-state index contributed by atoms with van der Waals surface area (Å²) in [6.07, 6.45) is 2.61. The summed E-state index contributed by atoms with van der Waals surface area (Å²) >= 11 is 0. The Labute approximate surface area is 151 Å². The second-order valence-corrected chi connectivity index (χ2v) is 5.36. The number of tetrazole rings is 1. The van der Waals surface area contributed by atoms with Gasteiger partial charge in [-0.3, -0.25) is 9.78 Å². The third-order valence-corrected chi connectivity index (χ3v) is 3.61. The Hall–Kier alpha value is -3.56. The molecular formula is C17H13F3N6O. The smallest absolute Gasteiger partial charge is 0.347 e. The van der Waals surface area contributed by atoms with E-state index in [4.69, 9.17) is 0 Å². The fourth-order valence-electron chi connectivity index (χ4n) is 2.29. The first-order valence-corrected chi connectivity index (χ1v) is 7.71. The Morgan fingerprint density at radius 2 is 2.00 bits per heavy atom. The van der Waals surface area contributed by atoms with Gasteiger partial charge in [0.1, 0.15) is 5.82 Å². The molecule has 0 saturated heterocycles. The molecule has 0 saturated carbocycles. The highest BCUT2D eigenvalue weighted by Crippen LogP contribution is 2.26. The molecule has 7 nitrogen and oxygen atoms in total. The summed E-state index contributed by atoms with van der Waals surface area (Å²) in [4.78, 5) is 15.8. The van der Waals surface area contributed by atoms with Crippen LogP contribution in [0.5, 0.6) is 0 Å². The molecule has 0 bridgehead atoms. The van der Waals surface area contributed by atoms with Crippen LogP contribution in [0, 0.1) is 5.82 Å². The largest absolute Gasteiger partial charge is 0.350 e. The number of carbonyl (C=O) groups is 1. The summed E-state index contributed by atoms with van der Waals surface area (Å²) in [7, 11) is 0. The second kappa shape index (κ2) is 7.77. The van der Waals surface area contributed by atoms with Gasteiger partial charge in [-0.25, -0.2) is 4.39 Å². The number of rotatable bonds is 6. The predicted octanol–water partition coefficient (Wildman–Crippen LogP) is 2.74. The molecule has 1 aromatic carbocycles. The number of alkyl halides is 2. The van der Waals surface area contributed by atoms with Crippen molar-refractivity contribution in [1.29, 1.82) is 0 Å². The van der Waals surface area contributed by atoms with Crippen molar-refractivity contribution in [3.05, 3.63) is 60.7 Å². The molecule has 27 heavy (non-hydrogen) atoms. The van der Waals surface area contributed by atoms with E-state index in [1.807, 2.05) is 0 Å². The lowest BCUT2D eigenvalue weighted by Crippen LogP contribution is -2.21. The first-order valence-electron chi connectivity index (χ1n) is 7.71. The average Bonchev–Trinajstić information content (AvgIpc) is 3.17. The van der Waals surface area contributed by atoms with Gasteiger partial charge in [0.15, 0.2) is 0 Å². The van der Waals surface area contributed by atoms with Crippen LogP contribution in [-0.4, -0.2) is 31.1 Å². The maximum Gasteiger partial charge on any atom is 0.350 e. The number of benzene rings is 1. The lowest BCUT2D eigenvalue weighted by molar-refractivity contribution is -0.116. The molecular weight excluding hydrogens is 361 g/mol. The second-order valence-electron chi connectivity index (χ2n) is 5.36. The van der Waals surface area contributed by atoms with Gasteiger partial charge in [0.2, 0.25) is 11.7 Å². The van der Waals surface area contributed by atoms with Gasteiger partial charge in [-0.15, -0.1) is 10.2 Å². The lowest BCUT2D eigenvalue weighted by atomic mass is 10.0. The van der Waals surface area contributed by atoms with Crippen LogP contribution in [0.15, 0.2) is 49.2 Å². The van der Waals surface area contributed by atoms with E-state index in [2.05, 4.69) is 32.3 Å². The molecule has 3 rings (SSSR count). The van der Waals surface area contributed by atoms with Gasteiger partial charge in [0, 0.05) is 17.3 Å². The molecule has 0 aliphatic carbocycles. The number of carbonyl (C=O) groups excluding carboxylic acids is 1.